The van der Waals surface area contributed by atoms with E-state index in [4.69, 9.17) is 4.74 Å². The van der Waals surface area contributed by atoms with Crippen LogP contribution in [0.15, 0.2) is 53.4 Å². The molecule has 41 heavy (non-hydrogen) atoms. The lowest BCUT2D eigenvalue weighted by Crippen LogP contribution is -3.00. The first kappa shape index (κ1) is 31.5. The van der Waals surface area contributed by atoms with E-state index in [-0.39, 0.29) is 47.0 Å². The van der Waals surface area contributed by atoms with E-state index in [0.29, 0.717) is 43.6 Å². The summed E-state index contributed by atoms with van der Waals surface area (Å²) < 4.78 is 20.9. The molecule has 3 aromatic heterocycles. The first-order valence-corrected chi connectivity index (χ1v) is 12.6. The molecule has 0 atom stereocenters. The second kappa shape index (κ2) is 13.1. The normalized spacial score (nSPS) is 11.4. The fourth-order valence-electron chi connectivity index (χ4n) is 3.92. The zero-order chi connectivity index (χ0) is 29.0. The Balaban J connectivity index is 0.00000462. The zero-order valence-corrected chi connectivity index (χ0v) is 25.6. The van der Waals surface area contributed by atoms with Gasteiger partial charge in [-0.1, -0.05) is 0 Å². The molecule has 4 aromatic rings. The number of halogens is 3. The number of nitrogens with zero attached hydrogens (tertiary/aromatic N) is 7. The molecular formula is C25H26Br2FN9O4. The van der Waals surface area contributed by atoms with E-state index in [9.17, 15) is 19.3 Å². The maximum atomic E-state index is 13.6. The SMILES string of the molecule is COc1nc([N+](=O)[O-])c(C[N+](C)(C)C/C=C/C(=O)Nc2cc3c(Nc4ccc(F)c(Br)c4)ncnc3cn2)n1C.[Br-]. The summed E-state index contributed by atoms with van der Waals surface area (Å²) in [4.78, 5) is 40.2. The first-order valence-electron chi connectivity index (χ1n) is 11.8. The molecule has 0 aliphatic rings. The number of rotatable bonds is 10. The molecular weight excluding hydrogens is 669 g/mol. The maximum Gasteiger partial charge on any atom is 0.414 e. The molecule has 2 N–H and O–H groups in total. The summed E-state index contributed by atoms with van der Waals surface area (Å²) in [5.41, 5.74) is 1.56. The maximum absolute atomic E-state index is 13.6. The van der Waals surface area contributed by atoms with E-state index in [1.54, 1.807) is 35.9 Å². The van der Waals surface area contributed by atoms with E-state index in [2.05, 4.69) is 46.5 Å². The van der Waals surface area contributed by atoms with Gasteiger partial charge in [0.25, 0.3) is 0 Å². The van der Waals surface area contributed by atoms with Crippen LogP contribution in [0.5, 0.6) is 6.01 Å². The van der Waals surface area contributed by atoms with E-state index in [1.807, 2.05) is 14.1 Å². The van der Waals surface area contributed by atoms with E-state index in [0.717, 1.165) is 0 Å². The summed E-state index contributed by atoms with van der Waals surface area (Å²) in [5, 5.41) is 17.9. The average molecular weight is 695 g/mol. The average Bonchev–Trinajstić information content (AvgIpc) is 3.21. The molecule has 3 heterocycles. The third kappa shape index (κ3) is 7.59. The van der Waals surface area contributed by atoms with Crippen molar-refractivity contribution in [2.24, 2.45) is 7.05 Å². The number of quaternary nitrogens is 1. The zero-order valence-electron chi connectivity index (χ0n) is 22.4. The lowest BCUT2D eigenvalue weighted by molar-refractivity contribution is -0.898. The molecule has 13 nitrogen and oxygen atoms in total. The Hall–Kier alpha value is -4.02. The standard InChI is InChI=1S/C25H25BrFN9O4.BrH/c1-34-20(24(35(38)39)33-25(34)40-4)13-36(2,3)9-5-6-22(37)32-21-11-16-19(12-28-21)29-14-30-23(16)31-15-7-8-18(27)17(26)10-15;/h5-8,10-12,14H,9,13H2,1-4H3,(H-,28,29,30,31,32,37);1H/b6-5+;. The summed E-state index contributed by atoms with van der Waals surface area (Å²) in [7, 11) is 6.81. The molecule has 0 aliphatic carbocycles. The number of carbonyl (C=O) groups is 1. The topological polar surface area (TPSA) is 150 Å². The van der Waals surface area contributed by atoms with Gasteiger partial charge in [0.1, 0.15) is 30.3 Å². The number of imidazole rings is 1. The highest BCUT2D eigenvalue weighted by Gasteiger charge is 2.31. The molecule has 0 bridgehead atoms. The number of nitro groups is 1. The number of hydrogen-bond acceptors (Lipinski definition) is 9. The van der Waals surface area contributed by atoms with Crippen LogP contribution >= 0.6 is 15.9 Å². The Bertz CT molecular complexity index is 1630. The summed E-state index contributed by atoms with van der Waals surface area (Å²) in [6, 6.07) is 6.27. The van der Waals surface area contributed by atoms with Gasteiger partial charge in [-0.05, 0) is 51.2 Å². The van der Waals surface area contributed by atoms with Crippen LogP contribution in [0.3, 0.4) is 0 Å². The number of hydrogen-bond donors (Lipinski definition) is 2. The number of methoxy groups -OCH3 is 1. The highest BCUT2D eigenvalue weighted by molar-refractivity contribution is 9.10. The number of ether oxygens (including phenoxy) is 1. The largest absolute Gasteiger partial charge is 1.00 e. The third-order valence-corrected chi connectivity index (χ3v) is 6.52. The van der Waals surface area contributed by atoms with Crippen molar-refractivity contribution in [3.63, 3.8) is 0 Å². The summed E-state index contributed by atoms with van der Waals surface area (Å²) >= 11 is 3.16. The molecule has 0 saturated heterocycles. The fraction of sp³-hybridized carbons (Fsp3) is 0.240. The summed E-state index contributed by atoms with van der Waals surface area (Å²) in [5.74, 6) is -0.321. The smallest absolute Gasteiger partial charge is 0.414 e. The molecule has 0 fully saturated rings. The molecule has 216 valence electrons. The van der Waals surface area contributed by atoms with E-state index in [1.165, 1.54) is 31.8 Å². The minimum atomic E-state index is -0.539. The van der Waals surface area contributed by atoms with Gasteiger partial charge >= 0.3 is 11.8 Å². The fourth-order valence-corrected chi connectivity index (χ4v) is 4.30. The van der Waals surface area contributed by atoms with Crippen LogP contribution in [0.25, 0.3) is 10.9 Å². The summed E-state index contributed by atoms with van der Waals surface area (Å²) in [6.07, 6.45) is 5.94. The molecule has 1 aromatic carbocycles. The van der Waals surface area contributed by atoms with Gasteiger partial charge in [-0.3, -0.25) is 9.36 Å². The van der Waals surface area contributed by atoms with Crippen molar-refractivity contribution in [2.45, 2.75) is 6.54 Å². The molecule has 0 spiro atoms. The van der Waals surface area contributed by atoms with Gasteiger partial charge in [-0.25, -0.2) is 19.3 Å². The highest BCUT2D eigenvalue weighted by Crippen LogP contribution is 2.28. The van der Waals surface area contributed by atoms with Crippen LogP contribution in [0.2, 0.25) is 0 Å². The Labute approximate surface area is 253 Å². The molecule has 4 rings (SSSR count). The second-order valence-corrected chi connectivity index (χ2v) is 10.3. The first-order chi connectivity index (χ1) is 19.0. The second-order valence-electron chi connectivity index (χ2n) is 9.42. The van der Waals surface area contributed by atoms with Crippen LogP contribution in [-0.4, -0.2) is 67.6 Å². The van der Waals surface area contributed by atoms with Gasteiger partial charge in [-0.15, -0.1) is 0 Å². The van der Waals surface area contributed by atoms with Gasteiger partial charge < -0.3 is 46.9 Å². The monoisotopic (exact) mass is 693 g/mol. The molecule has 0 aliphatic heterocycles. The number of fused-ring (bicyclic) bond motifs is 1. The third-order valence-electron chi connectivity index (χ3n) is 5.91. The quantitative estimate of drug-likeness (QED) is 0.108. The Kier molecular flexibility index (Phi) is 10.1. The molecule has 0 saturated carbocycles. The predicted molar refractivity (Wildman–Crippen MR) is 150 cm³/mol. The van der Waals surface area contributed by atoms with Crippen LogP contribution in [0, 0.1) is 15.9 Å². The Morgan fingerprint density at radius 3 is 2.71 bits per heavy atom. The molecule has 0 radical (unpaired) electrons. The number of anilines is 3. The van der Waals surface area contributed by atoms with E-state index < -0.39 is 10.8 Å². The van der Waals surface area contributed by atoms with Gasteiger partial charge in [-0.2, -0.15) is 0 Å². The van der Waals surface area contributed by atoms with Crippen molar-refractivity contribution in [3.05, 3.63) is 75.0 Å². The number of aromatic nitrogens is 5. The molecule has 1 amide bonds. The van der Waals surface area contributed by atoms with Crippen LogP contribution in [-0.2, 0) is 18.4 Å². The number of carbonyl (C=O) groups excluding carboxylic acids is 1. The van der Waals surface area contributed by atoms with Crippen molar-refractivity contribution < 1.29 is 40.3 Å². The predicted octanol–water partition coefficient (Wildman–Crippen LogP) is 1.10. The number of amides is 1. The number of pyridine rings is 1. The van der Waals surface area contributed by atoms with Crippen LogP contribution in [0.1, 0.15) is 5.69 Å². The van der Waals surface area contributed by atoms with E-state index >= 15 is 0 Å². The van der Waals surface area contributed by atoms with Crippen molar-refractivity contribution in [3.8, 4) is 6.01 Å². The number of likely N-dealkylation sites (N-methyl/N-ethyl adjacent to an activating group) is 1. The van der Waals surface area contributed by atoms with Crippen molar-refractivity contribution in [2.75, 3.05) is 38.4 Å². The van der Waals surface area contributed by atoms with Gasteiger partial charge in [0.2, 0.25) is 5.91 Å². The van der Waals surface area contributed by atoms with Gasteiger partial charge in [0, 0.05) is 29.2 Å². The van der Waals surface area contributed by atoms with Gasteiger partial charge in [0.05, 0.1) is 43.9 Å². The Morgan fingerprint density at radius 2 is 2.02 bits per heavy atom. The number of benzene rings is 1. The van der Waals surface area contributed by atoms with Crippen molar-refractivity contribution >= 4 is 55.9 Å². The van der Waals surface area contributed by atoms with Crippen LogP contribution < -0.4 is 32.4 Å². The van der Waals surface area contributed by atoms with Crippen molar-refractivity contribution in [1.82, 2.24) is 24.5 Å². The minimum Gasteiger partial charge on any atom is -1.00 e. The molecule has 0 unspecified atom stereocenters. The molecule has 16 heteroatoms. The van der Waals surface area contributed by atoms with Crippen molar-refractivity contribution in [1.29, 1.82) is 0 Å². The minimum absolute atomic E-state index is 0. The summed E-state index contributed by atoms with van der Waals surface area (Å²) in [6.45, 7) is 0.681. The Morgan fingerprint density at radius 1 is 1.27 bits per heavy atom. The lowest BCUT2D eigenvalue weighted by Gasteiger charge is -2.27. The number of nitrogens with one attached hydrogen (secondary N) is 2. The lowest BCUT2D eigenvalue weighted by atomic mass is 10.2. The van der Waals surface area contributed by atoms with Gasteiger partial charge in [0.15, 0.2) is 5.69 Å². The highest BCUT2D eigenvalue weighted by atomic mass is 79.9. The van der Waals surface area contributed by atoms with Crippen LogP contribution in [0.4, 0.5) is 27.5 Å².